The first-order valence-electron chi connectivity index (χ1n) is 20.2. The highest BCUT2D eigenvalue weighted by molar-refractivity contribution is 6.23. The highest BCUT2D eigenvalue weighted by atomic mass is 15.1. The lowest BCUT2D eigenvalue weighted by atomic mass is 9.83. The van der Waals surface area contributed by atoms with Crippen LogP contribution in [-0.2, 0) is 0 Å². The first-order chi connectivity index (χ1) is 27.5. The van der Waals surface area contributed by atoms with E-state index < -0.39 is 36.3 Å². The molecule has 2 heteroatoms. The molecule has 1 aromatic heterocycles. The van der Waals surface area contributed by atoms with Gasteiger partial charge in [-0.15, -0.1) is 0 Å². The van der Waals surface area contributed by atoms with Crippen molar-refractivity contribution in [3.63, 3.8) is 0 Å². The Morgan fingerprint density at radius 2 is 1.04 bits per heavy atom. The Morgan fingerprint density at radius 1 is 0.447 bits per heavy atom. The van der Waals surface area contributed by atoms with Gasteiger partial charge in [-0.1, -0.05) is 151 Å². The van der Waals surface area contributed by atoms with Crippen molar-refractivity contribution >= 4 is 32.6 Å². The van der Waals surface area contributed by atoms with Crippen LogP contribution in [0.2, 0.25) is 0 Å². The predicted octanol–water partition coefficient (Wildman–Crippen LogP) is 12.0. The third-order valence-corrected chi connectivity index (χ3v) is 8.58. The molecule has 9 rings (SSSR count). The molecule has 220 valence electrons. The van der Waals surface area contributed by atoms with Crippen molar-refractivity contribution in [3.8, 4) is 50.5 Å². The second-order valence-electron chi connectivity index (χ2n) is 11.2. The van der Waals surface area contributed by atoms with E-state index in [4.69, 9.17) is 18.7 Å². The SMILES string of the molecule is [2H]c1c([2H])c([2H])c(-c2ccc3c(-c4ccccc4-c4nc5ccccc5n4-c4ccccc4)c4ccccc4c(-c4c([2H])c([2H])c([2H])c([2H])c4[2H])c3c2)c([2H])c1[2H]. The van der Waals surface area contributed by atoms with Crippen LogP contribution < -0.4 is 0 Å². The van der Waals surface area contributed by atoms with E-state index in [2.05, 4.69) is 4.57 Å². The molecule has 2 nitrogen and oxygen atoms in total. The van der Waals surface area contributed by atoms with Gasteiger partial charge in [0.05, 0.1) is 24.7 Å². The zero-order chi connectivity index (χ0) is 39.9. The van der Waals surface area contributed by atoms with Crippen molar-refractivity contribution in [2.75, 3.05) is 0 Å². The predicted molar refractivity (Wildman–Crippen MR) is 198 cm³/mol. The molecule has 0 atom stereocenters. The molecule has 8 aromatic carbocycles. The van der Waals surface area contributed by atoms with Crippen molar-refractivity contribution in [3.05, 3.63) is 182 Å². The summed E-state index contributed by atoms with van der Waals surface area (Å²) >= 11 is 0. The molecular formula is C45H30N2. The number of nitrogens with zero attached hydrogens (tertiary/aromatic N) is 2. The van der Waals surface area contributed by atoms with Gasteiger partial charge >= 0.3 is 0 Å². The number of hydrogen-bond acceptors (Lipinski definition) is 1. The molecule has 0 saturated carbocycles. The number of benzene rings is 8. The van der Waals surface area contributed by atoms with E-state index in [1.807, 2.05) is 109 Å². The van der Waals surface area contributed by atoms with E-state index in [9.17, 15) is 0 Å². The average molecular weight is 609 g/mol. The van der Waals surface area contributed by atoms with Crippen LogP contribution >= 0.6 is 0 Å². The standard InChI is InChI=1S/C45H30N2/c1-4-16-31(17-5-1)33-28-29-38-40(30-33)43(32-18-6-2-7-19-32)35-22-10-11-23-36(35)44(38)37-24-12-13-25-39(37)45-46-41-26-14-15-27-42(41)47(45)34-20-8-3-9-21-34/h1-30H/i1D,2D,4D,5D,6D,7D,16D,17D,18D,19D. The molecule has 47 heavy (non-hydrogen) atoms. The summed E-state index contributed by atoms with van der Waals surface area (Å²) in [6.45, 7) is 0. The Labute approximate surface area is 287 Å². The normalized spacial score (nSPS) is 14.4. The van der Waals surface area contributed by atoms with Crippen LogP contribution in [0.4, 0.5) is 0 Å². The summed E-state index contributed by atoms with van der Waals surface area (Å²) in [4.78, 5) is 5.18. The minimum atomic E-state index is -0.519. The van der Waals surface area contributed by atoms with Crippen LogP contribution in [0.25, 0.3) is 83.0 Å². The molecule has 0 radical (unpaired) electrons. The van der Waals surface area contributed by atoms with Gasteiger partial charge in [-0.2, -0.15) is 0 Å². The third kappa shape index (κ3) is 4.54. The van der Waals surface area contributed by atoms with Crippen molar-refractivity contribution in [1.82, 2.24) is 9.55 Å². The zero-order valence-electron chi connectivity index (χ0n) is 34.9. The summed E-state index contributed by atoms with van der Waals surface area (Å²) in [6, 6.07) is 34.1. The molecule has 0 aliphatic rings. The molecule has 0 saturated heterocycles. The lowest BCUT2D eigenvalue weighted by molar-refractivity contribution is 1.10. The van der Waals surface area contributed by atoms with Gasteiger partial charge in [-0.05, 0) is 85.3 Å². The highest BCUT2D eigenvalue weighted by Crippen LogP contribution is 2.47. The maximum Gasteiger partial charge on any atom is 0.146 e. The fourth-order valence-electron chi connectivity index (χ4n) is 6.60. The van der Waals surface area contributed by atoms with E-state index >= 15 is 0 Å². The smallest absolute Gasteiger partial charge is 0.146 e. The largest absolute Gasteiger partial charge is 0.292 e. The number of fused-ring (bicyclic) bond motifs is 3. The Kier molecular flexibility index (Phi) is 4.48. The van der Waals surface area contributed by atoms with Gasteiger partial charge < -0.3 is 0 Å². The van der Waals surface area contributed by atoms with E-state index in [0.29, 0.717) is 33.1 Å². The topological polar surface area (TPSA) is 17.8 Å². The Morgan fingerprint density at radius 3 is 1.81 bits per heavy atom. The summed E-state index contributed by atoms with van der Waals surface area (Å²) in [5.74, 6) is 0.695. The van der Waals surface area contributed by atoms with E-state index in [-0.39, 0.29) is 35.3 Å². The number of hydrogen-bond donors (Lipinski definition) is 0. The minimum absolute atomic E-state index is 0.00823. The molecule has 0 fully saturated rings. The van der Waals surface area contributed by atoms with E-state index in [0.717, 1.165) is 38.8 Å². The second kappa shape index (κ2) is 11.3. The van der Waals surface area contributed by atoms with Crippen LogP contribution in [0, 0.1) is 0 Å². The van der Waals surface area contributed by atoms with Crippen LogP contribution in [0.3, 0.4) is 0 Å². The zero-order valence-corrected chi connectivity index (χ0v) is 24.9. The average Bonchev–Trinajstić information content (AvgIpc) is 3.63. The summed E-state index contributed by atoms with van der Waals surface area (Å²) in [5.41, 5.74) is 5.72. The van der Waals surface area contributed by atoms with Gasteiger partial charge in [0.1, 0.15) is 5.82 Å². The van der Waals surface area contributed by atoms with Crippen molar-refractivity contribution < 1.29 is 13.7 Å². The number of aromatic nitrogens is 2. The number of imidazole rings is 1. The summed E-state index contributed by atoms with van der Waals surface area (Å²) in [6.07, 6.45) is 0. The molecule has 0 spiro atoms. The lowest BCUT2D eigenvalue weighted by Crippen LogP contribution is -1.99. The maximum atomic E-state index is 9.10. The first kappa shape index (κ1) is 18.7. The molecule has 0 N–H and O–H groups in total. The fourth-order valence-corrected chi connectivity index (χ4v) is 6.60. The molecular weight excluding hydrogens is 569 g/mol. The van der Waals surface area contributed by atoms with E-state index in [1.54, 1.807) is 12.1 Å². The monoisotopic (exact) mass is 608 g/mol. The van der Waals surface area contributed by atoms with E-state index in [1.165, 1.54) is 0 Å². The van der Waals surface area contributed by atoms with Crippen LogP contribution in [-0.4, -0.2) is 9.55 Å². The molecule has 0 aliphatic carbocycles. The molecule has 9 aromatic rings. The van der Waals surface area contributed by atoms with Gasteiger partial charge in [0.2, 0.25) is 0 Å². The summed E-state index contributed by atoms with van der Waals surface area (Å²) in [7, 11) is 0. The molecule has 0 aliphatic heterocycles. The van der Waals surface area contributed by atoms with Gasteiger partial charge in [0.25, 0.3) is 0 Å². The first-order valence-corrected chi connectivity index (χ1v) is 15.2. The molecule has 1 heterocycles. The van der Waals surface area contributed by atoms with Crippen molar-refractivity contribution in [2.45, 2.75) is 0 Å². The Balaban J connectivity index is 1.46. The molecule has 0 amide bonds. The quantitative estimate of drug-likeness (QED) is 0.178. The summed E-state index contributed by atoms with van der Waals surface area (Å²) in [5, 5.41) is 2.47. The van der Waals surface area contributed by atoms with Crippen LogP contribution in [0.1, 0.15) is 13.7 Å². The Bertz CT molecular complexity index is 3080. The third-order valence-electron chi connectivity index (χ3n) is 8.58. The minimum Gasteiger partial charge on any atom is -0.292 e. The highest BCUT2D eigenvalue weighted by Gasteiger charge is 2.22. The van der Waals surface area contributed by atoms with Gasteiger partial charge in [-0.25, -0.2) is 4.98 Å². The Hall–Kier alpha value is -6.25. The van der Waals surface area contributed by atoms with Gasteiger partial charge in [0, 0.05) is 11.3 Å². The summed E-state index contributed by atoms with van der Waals surface area (Å²) < 4.78 is 88.5. The number of rotatable bonds is 5. The lowest BCUT2D eigenvalue weighted by Gasteiger charge is -2.20. The van der Waals surface area contributed by atoms with Crippen molar-refractivity contribution in [1.29, 1.82) is 0 Å². The maximum absolute atomic E-state index is 9.10. The fraction of sp³-hybridized carbons (Fsp3) is 0. The van der Waals surface area contributed by atoms with Crippen molar-refractivity contribution in [2.24, 2.45) is 0 Å². The second-order valence-corrected chi connectivity index (χ2v) is 11.2. The number of para-hydroxylation sites is 3. The van der Waals surface area contributed by atoms with Crippen LogP contribution in [0.15, 0.2) is 182 Å². The van der Waals surface area contributed by atoms with Gasteiger partial charge in [0.15, 0.2) is 0 Å². The van der Waals surface area contributed by atoms with Gasteiger partial charge in [-0.3, -0.25) is 4.57 Å². The molecule has 0 bridgehead atoms. The molecule has 0 unspecified atom stereocenters. The van der Waals surface area contributed by atoms with Crippen LogP contribution in [0.5, 0.6) is 0 Å².